The molecule has 0 aromatic heterocycles. The zero-order valence-electron chi connectivity index (χ0n) is 10.2. The summed E-state index contributed by atoms with van der Waals surface area (Å²) in [4.78, 5) is 12.1. The molecule has 0 N–H and O–H groups in total. The normalized spacial score (nSPS) is 10.5. The third-order valence-corrected chi connectivity index (χ3v) is 3.86. The molecule has 0 radical (unpaired) electrons. The lowest BCUT2D eigenvalue weighted by Gasteiger charge is -2.05. The lowest BCUT2D eigenvalue weighted by Crippen LogP contribution is -2.04. The van der Waals surface area contributed by atoms with Crippen molar-refractivity contribution < 1.29 is 9.18 Å². The Morgan fingerprint density at radius 2 is 2.00 bits per heavy atom. The molecule has 0 unspecified atom stereocenters. The van der Waals surface area contributed by atoms with Gasteiger partial charge in [-0.15, -0.1) is 0 Å². The van der Waals surface area contributed by atoms with Crippen molar-refractivity contribution in [3.63, 3.8) is 0 Å². The maximum atomic E-state index is 13.1. The van der Waals surface area contributed by atoms with Gasteiger partial charge < -0.3 is 0 Å². The van der Waals surface area contributed by atoms with Crippen molar-refractivity contribution in [2.75, 3.05) is 0 Å². The van der Waals surface area contributed by atoms with Crippen LogP contribution < -0.4 is 0 Å². The van der Waals surface area contributed by atoms with Crippen LogP contribution in [0.5, 0.6) is 0 Å². The van der Waals surface area contributed by atoms with Crippen LogP contribution in [0.3, 0.4) is 0 Å². The van der Waals surface area contributed by atoms with Crippen molar-refractivity contribution in [3.05, 3.63) is 68.4 Å². The fourth-order valence-electron chi connectivity index (χ4n) is 1.76. The second-order valence-electron chi connectivity index (χ2n) is 4.31. The van der Waals surface area contributed by atoms with E-state index in [9.17, 15) is 9.18 Å². The standard InChI is InChI=1S/C15H11BrClFO/c1-9-6-11(3-4-13(9)17)15(19)8-10-2-5-14(18)12(16)7-10/h2-7H,8H2,1H3. The van der Waals surface area contributed by atoms with E-state index >= 15 is 0 Å². The summed E-state index contributed by atoms with van der Waals surface area (Å²) in [5.41, 5.74) is 2.25. The van der Waals surface area contributed by atoms with Crippen LogP contribution in [-0.4, -0.2) is 5.78 Å². The average molecular weight is 342 g/mol. The van der Waals surface area contributed by atoms with Gasteiger partial charge in [0, 0.05) is 17.0 Å². The number of benzene rings is 2. The van der Waals surface area contributed by atoms with Crippen LogP contribution in [0.1, 0.15) is 21.5 Å². The highest BCUT2D eigenvalue weighted by molar-refractivity contribution is 9.10. The van der Waals surface area contributed by atoms with Crippen LogP contribution >= 0.6 is 27.5 Å². The molecule has 98 valence electrons. The van der Waals surface area contributed by atoms with Crippen molar-refractivity contribution in [1.82, 2.24) is 0 Å². The average Bonchev–Trinajstić information content (AvgIpc) is 2.37. The predicted molar refractivity (Wildman–Crippen MR) is 78.3 cm³/mol. The summed E-state index contributed by atoms with van der Waals surface area (Å²) in [6, 6.07) is 9.76. The number of carbonyl (C=O) groups is 1. The highest BCUT2D eigenvalue weighted by Crippen LogP contribution is 2.20. The van der Waals surface area contributed by atoms with Crippen LogP contribution in [0.4, 0.5) is 4.39 Å². The van der Waals surface area contributed by atoms with Crippen LogP contribution in [0.25, 0.3) is 0 Å². The minimum Gasteiger partial charge on any atom is -0.294 e. The summed E-state index contributed by atoms with van der Waals surface area (Å²) in [6.45, 7) is 1.85. The molecule has 2 rings (SSSR count). The first kappa shape index (κ1) is 14.2. The van der Waals surface area contributed by atoms with Gasteiger partial charge in [0.05, 0.1) is 4.47 Å². The number of halogens is 3. The van der Waals surface area contributed by atoms with Gasteiger partial charge in [-0.2, -0.15) is 0 Å². The number of carbonyl (C=O) groups excluding carboxylic acids is 1. The summed E-state index contributed by atoms with van der Waals surface area (Å²) in [5, 5.41) is 0.640. The van der Waals surface area contributed by atoms with Gasteiger partial charge in [0.25, 0.3) is 0 Å². The predicted octanol–water partition coefficient (Wildman–Crippen LogP) is 4.98. The molecule has 0 spiro atoms. The zero-order valence-corrected chi connectivity index (χ0v) is 12.6. The third-order valence-electron chi connectivity index (χ3n) is 2.83. The number of Topliss-reactive ketones (excluding diaryl/α,β-unsaturated/α-hetero) is 1. The molecule has 19 heavy (non-hydrogen) atoms. The van der Waals surface area contributed by atoms with E-state index in [-0.39, 0.29) is 18.0 Å². The maximum absolute atomic E-state index is 13.1. The Kier molecular flexibility index (Phi) is 4.38. The van der Waals surface area contributed by atoms with Gasteiger partial charge >= 0.3 is 0 Å². The first-order valence-corrected chi connectivity index (χ1v) is 6.88. The Bertz CT molecular complexity index is 640. The summed E-state index contributed by atoms with van der Waals surface area (Å²) in [5.74, 6) is -0.350. The van der Waals surface area contributed by atoms with Gasteiger partial charge in [-0.25, -0.2) is 4.39 Å². The molecule has 0 heterocycles. The minimum absolute atomic E-state index is 0.0155. The van der Waals surface area contributed by atoms with E-state index in [0.717, 1.165) is 11.1 Å². The Morgan fingerprint density at radius 3 is 2.63 bits per heavy atom. The first-order valence-electron chi connectivity index (χ1n) is 5.70. The van der Waals surface area contributed by atoms with E-state index in [1.807, 2.05) is 6.92 Å². The second kappa shape index (κ2) is 5.85. The molecule has 0 amide bonds. The Morgan fingerprint density at radius 1 is 1.26 bits per heavy atom. The summed E-state index contributed by atoms with van der Waals surface area (Å²) < 4.78 is 13.5. The fourth-order valence-corrected chi connectivity index (χ4v) is 2.30. The second-order valence-corrected chi connectivity index (χ2v) is 5.57. The first-order chi connectivity index (χ1) is 8.97. The molecule has 0 fully saturated rings. The molecule has 0 bridgehead atoms. The Hall–Kier alpha value is -1.19. The summed E-state index contributed by atoms with van der Waals surface area (Å²) in [7, 11) is 0. The largest absolute Gasteiger partial charge is 0.294 e. The molecule has 0 saturated heterocycles. The van der Waals surface area contributed by atoms with Crippen molar-refractivity contribution in [3.8, 4) is 0 Å². The number of hydrogen-bond acceptors (Lipinski definition) is 1. The van der Waals surface area contributed by atoms with E-state index in [1.165, 1.54) is 6.07 Å². The number of rotatable bonds is 3. The lowest BCUT2D eigenvalue weighted by atomic mass is 10.0. The third kappa shape index (κ3) is 3.43. The number of hydrogen-bond donors (Lipinski definition) is 0. The molecule has 0 aliphatic carbocycles. The van der Waals surface area contributed by atoms with E-state index in [0.29, 0.717) is 15.1 Å². The highest BCUT2D eigenvalue weighted by Gasteiger charge is 2.10. The van der Waals surface area contributed by atoms with Crippen molar-refractivity contribution in [2.24, 2.45) is 0 Å². The molecular formula is C15H11BrClFO. The number of ketones is 1. The van der Waals surface area contributed by atoms with Gasteiger partial charge in [-0.3, -0.25) is 4.79 Å². The minimum atomic E-state index is -0.335. The smallest absolute Gasteiger partial charge is 0.167 e. The highest BCUT2D eigenvalue weighted by atomic mass is 79.9. The van der Waals surface area contributed by atoms with Crippen LogP contribution in [0.15, 0.2) is 40.9 Å². The van der Waals surface area contributed by atoms with E-state index in [4.69, 9.17) is 11.6 Å². The Labute approximate surface area is 124 Å². The van der Waals surface area contributed by atoms with Gasteiger partial charge in [-0.1, -0.05) is 17.7 Å². The lowest BCUT2D eigenvalue weighted by molar-refractivity contribution is 0.0993. The van der Waals surface area contributed by atoms with Crippen molar-refractivity contribution >= 4 is 33.3 Å². The molecule has 1 nitrogen and oxygen atoms in total. The van der Waals surface area contributed by atoms with Crippen LogP contribution in [-0.2, 0) is 6.42 Å². The van der Waals surface area contributed by atoms with Crippen molar-refractivity contribution in [2.45, 2.75) is 13.3 Å². The molecule has 2 aromatic rings. The zero-order chi connectivity index (χ0) is 14.0. The van der Waals surface area contributed by atoms with E-state index < -0.39 is 0 Å². The SMILES string of the molecule is Cc1cc(C(=O)Cc2ccc(F)c(Br)c2)ccc1Cl. The molecule has 4 heteroatoms. The summed E-state index contributed by atoms with van der Waals surface area (Å²) in [6.07, 6.45) is 0.236. The van der Waals surface area contributed by atoms with Crippen LogP contribution in [0, 0.1) is 12.7 Å². The molecule has 0 aliphatic rings. The fraction of sp³-hybridized carbons (Fsp3) is 0.133. The molecule has 0 atom stereocenters. The molecule has 0 saturated carbocycles. The molecular weight excluding hydrogens is 331 g/mol. The molecule has 2 aromatic carbocycles. The van der Waals surface area contributed by atoms with E-state index in [2.05, 4.69) is 15.9 Å². The number of aryl methyl sites for hydroxylation is 1. The van der Waals surface area contributed by atoms with E-state index in [1.54, 1.807) is 30.3 Å². The summed E-state index contributed by atoms with van der Waals surface area (Å²) >= 11 is 9.03. The molecule has 0 aliphatic heterocycles. The van der Waals surface area contributed by atoms with Crippen LogP contribution in [0.2, 0.25) is 5.02 Å². The van der Waals surface area contributed by atoms with Gasteiger partial charge in [0.1, 0.15) is 5.82 Å². The maximum Gasteiger partial charge on any atom is 0.167 e. The monoisotopic (exact) mass is 340 g/mol. The van der Waals surface area contributed by atoms with Gasteiger partial charge in [0.2, 0.25) is 0 Å². The Balaban J connectivity index is 2.20. The quantitative estimate of drug-likeness (QED) is 0.720. The van der Waals surface area contributed by atoms with Crippen molar-refractivity contribution in [1.29, 1.82) is 0 Å². The van der Waals surface area contributed by atoms with Gasteiger partial charge in [0.15, 0.2) is 5.78 Å². The topological polar surface area (TPSA) is 17.1 Å². The van der Waals surface area contributed by atoms with Gasteiger partial charge in [-0.05, 0) is 64.3 Å².